The van der Waals surface area contributed by atoms with Gasteiger partial charge in [-0.25, -0.2) is 9.97 Å². The van der Waals surface area contributed by atoms with E-state index >= 15 is 0 Å². The van der Waals surface area contributed by atoms with E-state index in [4.69, 9.17) is 14.4 Å². The zero-order chi connectivity index (χ0) is 29.7. The molecule has 212 valence electrons. The van der Waals surface area contributed by atoms with Crippen LogP contribution in [0.1, 0.15) is 0 Å². The van der Waals surface area contributed by atoms with Crippen LogP contribution in [-0.4, -0.2) is 9.97 Å². The van der Waals surface area contributed by atoms with Crippen molar-refractivity contribution >= 4 is 70.9 Å². The van der Waals surface area contributed by atoms with Crippen molar-refractivity contribution < 1.29 is 4.42 Å². The van der Waals surface area contributed by atoms with Crippen LogP contribution < -0.4 is 4.90 Å². The maximum atomic E-state index is 6.34. The maximum Gasteiger partial charge on any atom is 0.235 e. The largest absolute Gasteiger partial charge is 0.455 e. The summed E-state index contributed by atoms with van der Waals surface area (Å²) in [6, 6.07) is 50.6. The quantitative estimate of drug-likeness (QED) is 0.198. The average molecular weight is 596 g/mol. The van der Waals surface area contributed by atoms with E-state index < -0.39 is 0 Å². The summed E-state index contributed by atoms with van der Waals surface area (Å²) in [4.78, 5) is 12.2. The molecule has 0 aliphatic carbocycles. The van der Waals surface area contributed by atoms with E-state index in [1.807, 2.05) is 24.4 Å². The number of furan rings is 1. The molecular weight excluding hydrogens is 571 g/mol. The monoisotopic (exact) mass is 595 g/mol. The number of anilines is 3. The van der Waals surface area contributed by atoms with Gasteiger partial charge in [0, 0.05) is 37.8 Å². The second-order valence-electron chi connectivity index (χ2n) is 11.1. The number of aromatic nitrogens is 2. The van der Waals surface area contributed by atoms with E-state index in [-0.39, 0.29) is 0 Å². The Morgan fingerprint density at radius 3 is 1.96 bits per heavy atom. The molecule has 0 spiro atoms. The molecule has 3 heterocycles. The van der Waals surface area contributed by atoms with Crippen LogP contribution in [0.3, 0.4) is 0 Å². The Morgan fingerprint density at radius 1 is 0.511 bits per heavy atom. The summed E-state index contributed by atoms with van der Waals surface area (Å²) in [7, 11) is 0. The van der Waals surface area contributed by atoms with Crippen LogP contribution in [0.4, 0.5) is 17.3 Å². The lowest BCUT2D eigenvalue weighted by atomic mass is 10.0. The molecule has 0 saturated heterocycles. The summed E-state index contributed by atoms with van der Waals surface area (Å²) in [5, 5.41) is 3.40. The number of nitrogens with zero attached hydrogens (tertiary/aromatic N) is 3. The minimum absolute atomic E-state index is 0.630. The van der Waals surface area contributed by atoms with Gasteiger partial charge in [0.05, 0.1) is 16.4 Å². The molecule has 0 saturated carbocycles. The predicted octanol–water partition coefficient (Wildman–Crippen LogP) is 11.5. The van der Waals surface area contributed by atoms with Crippen molar-refractivity contribution in [2.75, 3.05) is 4.90 Å². The van der Waals surface area contributed by atoms with Crippen molar-refractivity contribution in [2.24, 2.45) is 0 Å². The Hall–Kier alpha value is -5.78. The van der Waals surface area contributed by atoms with E-state index in [0.29, 0.717) is 5.95 Å². The lowest BCUT2D eigenvalue weighted by Crippen LogP contribution is -2.13. The molecule has 45 heavy (non-hydrogen) atoms. The minimum atomic E-state index is 0.630. The fourth-order valence-corrected chi connectivity index (χ4v) is 7.20. The summed E-state index contributed by atoms with van der Waals surface area (Å²) in [6.45, 7) is 0. The average Bonchev–Trinajstić information content (AvgIpc) is 3.68. The highest BCUT2D eigenvalue weighted by Gasteiger charge is 2.19. The fourth-order valence-electron chi connectivity index (χ4n) is 6.18. The normalized spacial score (nSPS) is 11.6. The first-order chi connectivity index (χ1) is 22.3. The van der Waals surface area contributed by atoms with Crippen molar-refractivity contribution in [3.8, 4) is 22.3 Å². The molecule has 0 bridgehead atoms. The zero-order valence-electron chi connectivity index (χ0n) is 24.1. The number of benzene rings is 6. The molecule has 0 atom stereocenters. The standard InChI is InChI=1S/C40H25N3OS/c1-2-9-26(10-3-1)27-17-21-29(22-18-27)43(40-41-25-37-38(42-40)34-12-5-7-16-36(34)45-37)30-23-19-28(20-24-30)31-13-8-14-33-32-11-4-6-15-35(32)44-39(31)33/h1-25H. The Morgan fingerprint density at radius 2 is 1.16 bits per heavy atom. The summed E-state index contributed by atoms with van der Waals surface area (Å²) in [5.41, 5.74) is 9.23. The van der Waals surface area contributed by atoms with Gasteiger partial charge in [0.2, 0.25) is 5.95 Å². The van der Waals surface area contributed by atoms with Crippen LogP contribution >= 0.6 is 11.3 Å². The lowest BCUT2D eigenvalue weighted by molar-refractivity contribution is 0.670. The van der Waals surface area contributed by atoms with Crippen molar-refractivity contribution in [3.63, 3.8) is 0 Å². The van der Waals surface area contributed by atoms with Crippen molar-refractivity contribution in [2.45, 2.75) is 0 Å². The lowest BCUT2D eigenvalue weighted by Gasteiger charge is -2.23. The molecule has 3 aromatic heterocycles. The first-order valence-corrected chi connectivity index (χ1v) is 15.7. The van der Waals surface area contributed by atoms with Crippen LogP contribution in [0.25, 0.3) is 64.5 Å². The molecule has 9 aromatic rings. The molecule has 0 radical (unpaired) electrons. The van der Waals surface area contributed by atoms with Crippen LogP contribution in [0.2, 0.25) is 0 Å². The second-order valence-corrected chi connectivity index (χ2v) is 12.1. The van der Waals surface area contributed by atoms with Gasteiger partial charge in [0.1, 0.15) is 11.2 Å². The molecule has 9 rings (SSSR count). The highest BCUT2D eigenvalue weighted by atomic mass is 32.1. The van der Waals surface area contributed by atoms with Gasteiger partial charge < -0.3 is 4.42 Å². The van der Waals surface area contributed by atoms with Crippen molar-refractivity contribution in [3.05, 3.63) is 152 Å². The van der Waals surface area contributed by atoms with Crippen molar-refractivity contribution in [1.82, 2.24) is 9.97 Å². The SMILES string of the molecule is c1ccc(-c2ccc(N(c3ccc(-c4cccc5c4oc4ccccc45)cc3)c3ncc4sc5ccccc5c4n3)cc2)cc1. The third kappa shape index (κ3) is 4.36. The van der Waals surface area contributed by atoms with Gasteiger partial charge >= 0.3 is 0 Å². The predicted molar refractivity (Wildman–Crippen MR) is 188 cm³/mol. The molecule has 0 aliphatic rings. The Bertz CT molecular complexity index is 2480. The number of rotatable bonds is 5. The van der Waals surface area contributed by atoms with Crippen LogP contribution in [0.5, 0.6) is 0 Å². The van der Waals surface area contributed by atoms with E-state index in [1.54, 1.807) is 11.3 Å². The van der Waals surface area contributed by atoms with E-state index in [0.717, 1.165) is 65.6 Å². The number of thiophene rings is 1. The molecule has 0 fully saturated rings. The minimum Gasteiger partial charge on any atom is -0.455 e. The van der Waals surface area contributed by atoms with Crippen LogP contribution in [0, 0.1) is 0 Å². The van der Waals surface area contributed by atoms with Gasteiger partial charge in [-0.2, -0.15) is 0 Å². The van der Waals surface area contributed by atoms with Gasteiger partial charge in [-0.15, -0.1) is 11.3 Å². The number of para-hydroxylation sites is 2. The summed E-state index contributed by atoms with van der Waals surface area (Å²) in [5.74, 6) is 0.630. The molecule has 6 aromatic carbocycles. The van der Waals surface area contributed by atoms with Crippen LogP contribution in [0.15, 0.2) is 156 Å². The molecule has 0 amide bonds. The Balaban J connectivity index is 1.17. The van der Waals surface area contributed by atoms with E-state index in [9.17, 15) is 0 Å². The summed E-state index contributed by atoms with van der Waals surface area (Å²) < 4.78 is 8.63. The maximum absolute atomic E-state index is 6.34. The Kier molecular flexibility index (Phi) is 5.96. The molecule has 4 nitrogen and oxygen atoms in total. The van der Waals surface area contributed by atoms with Gasteiger partial charge in [0.15, 0.2) is 0 Å². The van der Waals surface area contributed by atoms with Gasteiger partial charge in [-0.1, -0.05) is 109 Å². The highest BCUT2D eigenvalue weighted by molar-refractivity contribution is 7.25. The van der Waals surface area contributed by atoms with Gasteiger partial charge in [0.25, 0.3) is 0 Å². The number of fused-ring (bicyclic) bond motifs is 6. The second kappa shape index (κ2) is 10.4. The van der Waals surface area contributed by atoms with E-state index in [2.05, 4.69) is 132 Å². The number of hydrogen-bond acceptors (Lipinski definition) is 5. The molecular formula is C40H25N3OS. The summed E-state index contributed by atoms with van der Waals surface area (Å²) in [6.07, 6.45) is 1.95. The van der Waals surface area contributed by atoms with E-state index in [1.165, 1.54) is 10.3 Å². The first kappa shape index (κ1) is 25.7. The Labute approximate surface area is 263 Å². The smallest absolute Gasteiger partial charge is 0.235 e. The highest BCUT2D eigenvalue weighted by Crippen LogP contribution is 2.40. The summed E-state index contributed by atoms with van der Waals surface area (Å²) >= 11 is 1.72. The first-order valence-electron chi connectivity index (χ1n) is 14.9. The topological polar surface area (TPSA) is 42.2 Å². The van der Waals surface area contributed by atoms with Gasteiger partial charge in [-0.3, -0.25) is 4.90 Å². The number of hydrogen-bond donors (Lipinski definition) is 0. The molecule has 0 aliphatic heterocycles. The fraction of sp³-hybridized carbons (Fsp3) is 0. The molecule has 0 unspecified atom stereocenters. The molecule has 5 heteroatoms. The third-order valence-electron chi connectivity index (χ3n) is 8.38. The zero-order valence-corrected chi connectivity index (χ0v) is 24.9. The van der Waals surface area contributed by atoms with Crippen molar-refractivity contribution in [1.29, 1.82) is 0 Å². The molecule has 0 N–H and O–H groups in total. The van der Waals surface area contributed by atoms with Gasteiger partial charge in [-0.05, 0) is 53.1 Å². The van der Waals surface area contributed by atoms with Crippen LogP contribution in [-0.2, 0) is 0 Å². The third-order valence-corrected chi connectivity index (χ3v) is 9.47.